The summed E-state index contributed by atoms with van der Waals surface area (Å²) in [6.07, 6.45) is 0. The predicted molar refractivity (Wildman–Crippen MR) is 125 cm³/mol. The summed E-state index contributed by atoms with van der Waals surface area (Å²) in [6, 6.07) is 8.48. The first kappa shape index (κ1) is 23.0. The molecule has 0 fully saturated rings. The van der Waals surface area contributed by atoms with Crippen molar-refractivity contribution < 1.29 is 14.0 Å². The van der Waals surface area contributed by atoms with Crippen molar-refractivity contribution in [3.63, 3.8) is 0 Å². The third-order valence-electron chi connectivity index (χ3n) is 4.86. The maximum absolute atomic E-state index is 13.1. The van der Waals surface area contributed by atoms with Crippen LogP contribution in [0.1, 0.15) is 44.5 Å². The Morgan fingerprint density at radius 1 is 0.724 bits per heavy atom. The van der Waals surface area contributed by atoms with E-state index in [0.29, 0.717) is 11.3 Å². The molecule has 156 valence electrons. The fourth-order valence-electron chi connectivity index (χ4n) is 4.06. The topological polar surface area (TPSA) is 35.5 Å². The Morgan fingerprint density at radius 2 is 1.10 bits per heavy atom. The zero-order valence-electron chi connectivity index (χ0n) is 19.5. The lowest BCUT2D eigenvalue weighted by molar-refractivity contribution is -0.133. The molecule has 0 aliphatic heterocycles. The van der Waals surface area contributed by atoms with E-state index in [2.05, 4.69) is 71.6 Å². The van der Waals surface area contributed by atoms with E-state index in [1.165, 1.54) is 18.2 Å². The van der Waals surface area contributed by atoms with Gasteiger partial charge < -0.3 is 9.16 Å². The lowest BCUT2D eigenvalue weighted by Crippen LogP contribution is -2.26. The van der Waals surface area contributed by atoms with Gasteiger partial charge in [0, 0.05) is 5.56 Å². The minimum absolute atomic E-state index is 0.368. The average Bonchev–Trinajstić information content (AvgIpc) is 2.54. The first-order valence-electron chi connectivity index (χ1n) is 10.0. The van der Waals surface area contributed by atoms with Gasteiger partial charge in [0.15, 0.2) is 0 Å². The Kier molecular flexibility index (Phi) is 6.79. The molecule has 4 heteroatoms. The maximum atomic E-state index is 13.1. The van der Waals surface area contributed by atoms with Crippen molar-refractivity contribution in [2.45, 2.75) is 61.2 Å². The van der Waals surface area contributed by atoms with Gasteiger partial charge >= 0.3 is 5.97 Å². The summed E-state index contributed by atoms with van der Waals surface area (Å²) < 4.78 is 11.9. The third kappa shape index (κ3) is 5.18. The molecular formula is C25H34O3Si. The highest BCUT2D eigenvalue weighted by Crippen LogP contribution is 2.37. The van der Waals surface area contributed by atoms with Crippen LogP contribution < -0.4 is 0 Å². The summed E-state index contributed by atoms with van der Waals surface area (Å²) in [7, 11) is -0.595. The van der Waals surface area contributed by atoms with Crippen LogP contribution in [0.25, 0.3) is 11.3 Å². The SMILES string of the molecule is COC(=O)/C(=C(\O[Si](C)(C)C)c1c(C)cc(C)cc1C)c1c(C)cc(C)cc1C. The molecule has 29 heavy (non-hydrogen) atoms. The molecule has 0 N–H and O–H groups in total. The van der Waals surface area contributed by atoms with E-state index in [0.717, 1.165) is 33.4 Å². The van der Waals surface area contributed by atoms with E-state index in [-0.39, 0.29) is 5.97 Å². The number of carbonyl (C=O) groups excluding carboxylic acids is 1. The number of hydrogen-bond acceptors (Lipinski definition) is 3. The third-order valence-corrected chi connectivity index (χ3v) is 5.67. The number of methoxy groups -OCH3 is 1. The van der Waals surface area contributed by atoms with Crippen molar-refractivity contribution in [2.24, 2.45) is 0 Å². The van der Waals surface area contributed by atoms with Crippen molar-refractivity contribution in [3.8, 4) is 0 Å². The molecule has 2 aromatic carbocycles. The molecule has 0 radical (unpaired) electrons. The number of ether oxygens (including phenoxy) is 1. The standard InChI is InChI=1S/C25H34O3Si/c1-15-11-17(3)21(18(4)12-15)23(25(26)27-7)24(28-29(8,9)10)22-19(5)13-16(2)14-20(22)6/h11-14H,1-10H3/b24-23-. The van der Waals surface area contributed by atoms with Crippen LogP contribution in [0.15, 0.2) is 24.3 Å². The summed E-state index contributed by atoms with van der Waals surface area (Å²) in [5.74, 6) is 0.272. The molecule has 0 aliphatic rings. The number of rotatable bonds is 5. The zero-order valence-corrected chi connectivity index (χ0v) is 20.5. The summed E-state index contributed by atoms with van der Waals surface area (Å²) in [4.78, 5) is 13.1. The van der Waals surface area contributed by atoms with Gasteiger partial charge in [0.05, 0.1) is 7.11 Å². The zero-order chi connectivity index (χ0) is 22.1. The molecule has 2 aromatic rings. The molecule has 0 aliphatic carbocycles. The second-order valence-corrected chi connectivity index (χ2v) is 13.4. The molecule has 3 nitrogen and oxygen atoms in total. The number of hydrogen-bond donors (Lipinski definition) is 0. The number of aryl methyl sites for hydroxylation is 6. The predicted octanol–water partition coefficient (Wildman–Crippen LogP) is 6.43. The van der Waals surface area contributed by atoms with Crippen LogP contribution in [0.4, 0.5) is 0 Å². The largest absolute Gasteiger partial charge is 0.543 e. The fraction of sp³-hybridized carbons (Fsp3) is 0.400. The van der Waals surface area contributed by atoms with E-state index < -0.39 is 8.32 Å². The van der Waals surface area contributed by atoms with Gasteiger partial charge in [0.1, 0.15) is 11.3 Å². The molecule has 0 saturated carbocycles. The minimum Gasteiger partial charge on any atom is -0.543 e. The molecular weight excluding hydrogens is 376 g/mol. The van der Waals surface area contributed by atoms with Crippen LogP contribution in [0, 0.1) is 41.5 Å². The molecule has 0 amide bonds. The van der Waals surface area contributed by atoms with Gasteiger partial charge in [0.2, 0.25) is 8.32 Å². The lowest BCUT2D eigenvalue weighted by atomic mass is 9.89. The van der Waals surface area contributed by atoms with Gasteiger partial charge in [-0.3, -0.25) is 0 Å². The van der Waals surface area contributed by atoms with Crippen molar-refractivity contribution in [1.29, 1.82) is 0 Å². The van der Waals surface area contributed by atoms with Crippen molar-refractivity contribution in [2.75, 3.05) is 7.11 Å². The van der Waals surface area contributed by atoms with Crippen molar-refractivity contribution in [3.05, 3.63) is 68.8 Å². The second-order valence-electron chi connectivity index (χ2n) is 8.96. The van der Waals surface area contributed by atoms with Crippen molar-refractivity contribution >= 4 is 25.6 Å². The second kappa shape index (κ2) is 8.58. The van der Waals surface area contributed by atoms with Crippen LogP contribution in [0.3, 0.4) is 0 Å². The molecule has 0 bridgehead atoms. The summed E-state index contributed by atoms with van der Waals surface area (Å²) in [5.41, 5.74) is 9.04. The highest BCUT2D eigenvalue weighted by Gasteiger charge is 2.30. The minimum atomic E-state index is -2.03. The normalized spacial score (nSPS) is 12.5. The molecule has 2 rings (SSSR count). The average molecular weight is 411 g/mol. The first-order chi connectivity index (χ1) is 13.4. The van der Waals surface area contributed by atoms with Gasteiger partial charge in [-0.15, -0.1) is 0 Å². The monoisotopic (exact) mass is 410 g/mol. The quantitative estimate of drug-likeness (QED) is 0.187. The highest BCUT2D eigenvalue weighted by molar-refractivity contribution is 6.70. The molecule has 0 heterocycles. The smallest absolute Gasteiger partial charge is 0.342 e. The fourth-order valence-corrected chi connectivity index (χ4v) is 4.87. The lowest BCUT2D eigenvalue weighted by Gasteiger charge is -2.27. The van der Waals surface area contributed by atoms with Gasteiger partial charge in [-0.05, 0) is 89.0 Å². The summed E-state index contributed by atoms with van der Waals surface area (Å²) in [5, 5.41) is 0. The molecule has 0 saturated heterocycles. The Bertz CT molecular complexity index is 932. The van der Waals surface area contributed by atoms with Gasteiger partial charge in [-0.25, -0.2) is 4.79 Å². The Labute approximate surface area is 176 Å². The van der Waals surface area contributed by atoms with Crippen LogP contribution in [0.2, 0.25) is 19.6 Å². The number of benzene rings is 2. The van der Waals surface area contributed by atoms with Crippen LogP contribution >= 0.6 is 0 Å². The van der Waals surface area contributed by atoms with E-state index in [1.54, 1.807) is 0 Å². The Morgan fingerprint density at radius 3 is 1.45 bits per heavy atom. The van der Waals surface area contributed by atoms with E-state index >= 15 is 0 Å². The maximum Gasteiger partial charge on any atom is 0.342 e. The Hall–Kier alpha value is -2.33. The van der Waals surface area contributed by atoms with Crippen LogP contribution in [-0.2, 0) is 14.0 Å². The Balaban J connectivity index is 3.04. The molecule has 0 atom stereocenters. The van der Waals surface area contributed by atoms with E-state index in [1.807, 2.05) is 13.8 Å². The number of esters is 1. The molecule has 0 unspecified atom stereocenters. The molecule has 0 aromatic heterocycles. The van der Waals surface area contributed by atoms with Gasteiger partial charge in [0.25, 0.3) is 0 Å². The van der Waals surface area contributed by atoms with Gasteiger partial charge in [-0.2, -0.15) is 0 Å². The van der Waals surface area contributed by atoms with Crippen LogP contribution in [0.5, 0.6) is 0 Å². The number of carbonyl (C=O) groups is 1. The van der Waals surface area contributed by atoms with Crippen molar-refractivity contribution in [1.82, 2.24) is 0 Å². The van der Waals surface area contributed by atoms with Gasteiger partial charge in [-0.1, -0.05) is 35.4 Å². The van der Waals surface area contributed by atoms with E-state index in [4.69, 9.17) is 9.16 Å². The van der Waals surface area contributed by atoms with Crippen LogP contribution in [-0.4, -0.2) is 21.4 Å². The first-order valence-corrected chi connectivity index (χ1v) is 13.4. The summed E-state index contributed by atoms with van der Waals surface area (Å²) in [6.45, 7) is 18.8. The molecule has 0 spiro atoms. The summed E-state index contributed by atoms with van der Waals surface area (Å²) >= 11 is 0. The highest BCUT2D eigenvalue weighted by atomic mass is 28.4. The van der Waals surface area contributed by atoms with E-state index in [9.17, 15) is 4.79 Å².